The summed E-state index contributed by atoms with van der Waals surface area (Å²) in [5, 5.41) is 0.418. The van der Waals surface area contributed by atoms with Gasteiger partial charge in [-0.3, -0.25) is 4.79 Å². The van der Waals surface area contributed by atoms with Crippen molar-refractivity contribution in [3.63, 3.8) is 0 Å². The molecule has 2 aromatic carbocycles. The summed E-state index contributed by atoms with van der Waals surface area (Å²) in [6.45, 7) is 0. The third kappa shape index (κ3) is 3.38. The number of aromatic amines is 1. The van der Waals surface area contributed by atoms with E-state index in [4.69, 9.17) is 9.52 Å². The van der Waals surface area contributed by atoms with E-state index in [1.165, 1.54) is 16.7 Å². The first-order valence-corrected chi connectivity index (χ1v) is 11.6. The molecule has 6 nitrogen and oxygen atoms in total. The van der Waals surface area contributed by atoms with E-state index in [0.717, 1.165) is 25.0 Å². The van der Waals surface area contributed by atoms with E-state index in [1.807, 2.05) is 0 Å². The first-order chi connectivity index (χ1) is 15.3. The lowest BCUT2D eigenvalue weighted by atomic mass is 10.0. The normalized spacial score (nSPS) is 15.6. The van der Waals surface area contributed by atoms with Gasteiger partial charge in [0.2, 0.25) is 0 Å². The molecule has 4 aromatic rings. The number of nitrogens with one attached hydrogen (secondary N) is 2. The molecule has 0 bridgehead atoms. The number of aromatic nitrogens is 2. The lowest BCUT2D eigenvalue weighted by Crippen LogP contribution is -2.16. The van der Waals surface area contributed by atoms with Gasteiger partial charge in [-0.1, -0.05) is 0 Å². The lowest BCUT2D eigenvalue weighted by Gasteiger charge is -2.16. The zero-order valence-corrected chi connectivity index (χ0v) is 17.8. The monoisotopic (exact) mass is 455 g/mol. The molecule has 1 saturated carbocycles. The van der Waals surface area contributed by atoms with E-state index >= 15 is 0 Å². The fourth-order valence-corrected chi connectivity index (χ4v) is 5.50. The molecule has 1 aliphatic carbocycles. The Morgan fingerprint density at radius 3 is 2.56 bits per heavy atom. The van der Waals surface area contributed by atoms with Gasteiger partial charge in [0.25, 0.3) is 5.56 Å². The Balaban J connectivity index is 1.74. The highest BCUT2D eigenvalue weighted by Crippen LogP contribution is 2.41. The van der Waals surface area contributed by atoms with Crippen LogP contribution in [-0.2, 0) is 16.8 Å². The summed E-state index contributed by atoms with van der Waals surface area (Å²) < 4.78 is 56.3. The predicted molar refractivity (Wildman–Crippen MR) is 118 cm³/mol. The van der Waals surface area contributed by atoms with Crippen LogP contribution in [0.25, 0.3) is 22.0 Å². The first kappa shape index (κ1) is 20.4. The lowest BCUT2D eigenvalue weighted by molar-refractivity contribution is 0.438. The Morgan fingerprint density at radius 2 is 1.84 bits per heavy atom. The quantitative estimate of drug-likeness (QED) is 0.435. The van der Waals surface area contributed by atoms with Crippen molar-refractivity contribution in [2.45, 2.75) is 23.0 Å². The molecule has 2 N–H and O–H groups in total. The summed E-state index contributed by atoms with van der Waals surface area (Å²) >= 11 is 0. The van der Waals surface area contributed by atoms with Gasteiger partial charge in [0, 0.05) is 52.2 Å². The van der Waals surface area contributed by atoms with Crippen LogP contribution in [-0.4, -0.2) is 19.0 Å². The summed E-state index contributed by atoms with van der Waals surface area (Å²) in [6, 6.07) is 9.43. The van der Waals surface area contributed by atoms with Crippen LogP contribution in [0.15, 0.2) is 64.5 Å². The largest absolute Gasteiger partial charge is 0.454 e. The summed E-state index contributed by atoms with van der Waals surface area (Å²) in [6.07, 6.45) is 4.73. The topological polar surface area (TPSA) is 87.9 Å². The second-order valence-electron chi connectivity index (χ2n) is 7.86. The summed E-state index contributed by atoms with van der Waals surface area (Å²) in [5.41, 5.74) is 1.20. The Morgan fingerprint density at radius 1 is 1.09 bits per heavy atom. The predicted octanol–water partition coefficient (Wildman–Crippen LogP) is 5.17. The molecule has 0 saturated heterocycles. The molecule has 164 valence electrons. The van der Waals surface area contributed by atoms with Gasteiger partial charge in [0.05, 0.1) is 9.73 Å². The molecule has 0 spiro atoms. The van der Waals surface area contributed by atoms with E-state index in [0.29, 0.717) is 26.9 Å². The van der Waals surface area contributed by atoms with E-state index in [9.17, 15) is 17.8 Å². The molecule has 1 atom stereocenters. The van der Waals surface area contributed by atoms with Gasteiger partial charge in [-0.2, -0.15) is 0 Å². The zero-order valence-electron chi connectivity index (χ0n) is 17.0. The number of hydrogen-bond acceptors (Lipinski definition) is 4. The third-order valence-electron chi connectivity index (χ3n) is 5.59. The molecule has 0 aliphatic heterocycles. The molecule has 1 aliphatic rings. The van der Waals surface area contributed by atoms with Crippen LogP contribution in [0.1, 0.15) is 12.8 Å². The van der Waals surface area contributed by atoms with Crippen LogP contribution in [0.5, 0.6) is 11.5 Å². The molecule has 1 fully saturated rings. The van der Waals surface area contributed by atoms with Crippen molar-refractivity contribution in [1.82, 2.24) is 9.55 Å². The third-order valence-corrected chi connectivity index (χ3v) is 7.96. The average Bonchev–Trinajstić information content (AvgIpc) is 3.51. The molecule has 0 radical (unpaired) electrons. The molecule has 9 heteroatoms. The van der Waals surface area contributed by atoms with Crippen molar-refractivity contribution in [2.75, 3.05) is 0 Å². The van der Waals surface area contributed by atoms with E-state index < -0.39 is 21.4 Å². The van der Waals surface area contributed by atoms with E-state index in [2.05, 4.69) is 4.98 Å². The van der Waals surface area contributed by atoms with Crippen molar-refractivity contribution in [2.24, 2.45) is 7.05 Å². The number of ether oxygens (including phenoxy) is 1. The fraction of sp³-hybridized carbons (Fsp3) is 0.174. The number of nitrogens with zero attached hydrogens (tertiary/aromatic N) is 1. The van der Waals surface area contributed by atoms with Crippen LogP contribution in [0, 0.1) is 16.4 Å². The van der Waals surface area contributed by atoms with Gasteiger partial charge in [-0.15, -0.1) is 0 Å². The zero-order chi connectivity index (χ0) is 22.6. The highest BCUT2D eigenvalue weighted by Gasteiger charge is 2.34. The SMILES string of the molecule is Cn1cc(-c2cc(S(=N)(=O)C3CC3)ccc2Oc2ccc(F)cc2F)c2cc[nH]c2c1=O. The van der Waals surface area contributed by atoms with Gasteiger partial charge in [-0.25, -0.2) is 17.8 Å². The number of hydrogen-bond donors (Lipinski definition) is 2. The molecular weight excluding hydrogens is 436 g/mol. The molecule has 2 heterocycles. The number of aryl methyl sites for hydroxylation is 1. The van der Waals surface area contributed by atoms with Gasteiger partial charge in [-0.05, 0) is 49.2 Å². The standard InChI is InChI=1S/C23H19F2N3O3S/c1-28-12-18(16-8-9-27-22(16)23(28)29)17-11-15(32(26,30)14-3-4-14)5-7-20(17)31-21-6-2-13(24)10-19(21)25/h2,5-12,14,26-27H,3-4H2,1H3. The molecule has 2 aromatic heterocycles. The summed E-state index contributed by atoms with van der Waals surface area (Å²) in [7, 11) is -1.41. The van der Waals surface area contributed by atoms with E-state index in [1.54, 1.807) is 37.6 Å². The van der Waals surface area contributed by atoms with E-state index in [-0.39, 0.29) is 22.3 Å². The maximum absolute atomic E-state index is 14.3. The molecule has 5 rings (SSSR count). The second-order valence-corrected chi connectivity index (χ2v) is 10.2. The van der Waals surface area contributed by atoms with Crippen molar-refractivity contribution in [3.05, 3.63) is 76.8 Å². The minimum atomic E-state index is -3.01. The Hall–Kier alpha value is -3.46. The maximum Gasteiger partial charge on any atom is 0.274 e. The number of halogens is 2. The van der Waals surface area contributed by atoms with Crippen LogP contribution in [0.3, 0.4) is 0 Å². The van der Waals surface area contributed by atoms with Crippen molar-refractivity contribution in [3.8, 4) is 22.6 Å². The smallest absolute Gasteiger partial charge is 0.274 e. The molecule has 1 unspecified atom stereocenters. The number of pyridine rings is 1. The maximum atomic E-state index is 14.3. The van der Waals surface area contributed by atoms with Crippen molar-refractivity contribution in [1.29, 1.82) is 4.78 Å². The Kier molecular flexibility index (Phi) is 4.67. The highest BCUT2D eigenvalue weighted by molar-refractivity contribution is 7.93. The van der Waals surface area contributed by atoms with Gasteiger partial charge >= 0.3 is 0 Å². The fourth-order valence-electron chi connectivity index (χ4n) is 3.75. The Bertz CT molecular complexity index is 1540. The van der Waals surface area contributed by atoms with Gasteiger partial charge < -0.3 is 14.3 Å². The van der Waals surface area contributed by atoms with Gasteiger partial charge in [0.1, 0.15) is 17.1 Å². The molecular formula is C23H19F2N3O3S. The number of benzene rings is 2. The minimum absolute atomic E-state index is 0.177. The Labute approximate surface area is 182 Å². The van der Waals surface area contributed by atoms with Crippen LogP contribution < -0.4 is 10.3 Å². The van der Waals surface area contributed by atoms with Crippen molar-refractivity contribution < 1.29 is 17.7 Å². The minimum Gasteiger partial charge on any atom is -0.454 e. The summed E-state index contributed by atoms with van der Waals surface area (Å²) in [4.78, 5) is 15.8. The summed E-state index contributed by atoms with van der Waals surface area (Å²) in [5.74, 6) is -1.54. The van der Waals surface area contributed by atoms with Gasteiger partial charge in [0.15, 0.2) is 11.6 Å². The average molecular weight is 455 g/mol. The van der Waals surface area contributed by atoms with Crippen LogP contribution in [0.2, 0.25) is 0 Å². The van der Waals surface area contributed by atoms with Crippen LogP contribution >= 0.6 is 0 Å². The molecule has 0 amide bonds. The second kappa shape index (κ2) is 7.30. The van der Waals surface area contributed by atoms with Crippen LogP contribution in [0.4, 0.5) is 8.78 Å². The highest BCUT2D eigenvalue weighted by atomic mass is 32.2. The number of fused-ring (bicyclic) bond motifs is 1. The van der Waals surface area contributed by atoms with Crippen molar-refractivity contribution >= 4 is 20.6 Å². The number of rotatable bonds is 5. The first-order valence-electron chi connectivity index (χ1n) is 9.97. The molecule has 32 heavy (non-hydrogen) atoms. The number of H-pyrrole nitrogens is 1.